The molecule has 0 spiro atoms. The van der Waals surface area contributed by atoms with Crippen LogP contribution >= 0.6 is 0 Å². The molecule has 88 valence electrons. The molecule has 3 nitrogen and oxygen atoms in total. The molecule has 1 aliphatic rings. The average molecular weight is 228 g/mol. The highest BCUT2D eigenvalue weighted by molar-refractivity contribution is 5.94. The molecule has 1 N–H and O–H groups in total. The van der Waals surface area contributed by atoms with Gasteiger partial charge in [0.05, 0.1) is 0 Å². The third kappa shape index (κ3) is 2.66. The van der Waals surface area contributed by atoms with Gasteiger partial charge in [-0.15, -0.1) is 12.3 Å². The topological polar surface area (TPSA) is 32.3 Å². The number of carbonyl (C=O) groups is 1. The zero-order valence-electron chi connectivity index (χ0n) is 9.78. The van der Waals surface area contributed by atoms with Crippen molar-refractivity contribution in [3.63, 3.8) is 0 Å². The van der Waals surface area contributed by atoms with Gasteiger partial charge in [-0.1, -0.05) is 18.2 Å². The van der Waals surface area contributed by atoms with E-state index in [9.17, 15) is 4.79 Å². The van der Waals surface area contributed by atoms with Gasteiger partial charge in [-0.05, 0) is 11.6 Å². The van der Waals surface area contributed by atoms with Crippen molar-refractivity contribution in [1.29, 1.82) is 0 Å². The zero-order valence-corrected chi connectivity index (χ0v) is 9.78. The fourth-order valence-electron chi connectivity index (χ4n) is 2.03. The third-order valence-corrected chi connectivity index (χ3v) is 2.89. The van der Waals surface area contributed by atoms with Crippen LogP contribution in [0, 0.1) is 12.3 Å². The predicted octanol–water partition coefficient (Wildman–Crippen LogP) is 1.54. The van der Waals surface area contributed by atoms with E-state index in [2.05, 4.69) is 17.3 Å². The Morgan fingerprint density at radius 3 is 3.12 bits per heavy atom. The van der Waals surface area contributed by atoms with Crippen LogP contribution in [0.2, 0.25) is 0 Å². The fraction of sp³-hybridized carbons (Fsp3) is 0.357. The summed E-state index contributed by atoms with van der Waals surface area (Å²) >= 11 is 0. The molecule has 1 aromatic rings. The standard InChI is InChI=1S/C14H16N2O/c1-2-3-8-14(17)16-10-9-15-11-12-6-4-5-7-13(12)16/h1,4-7,15H,3,8-11H2. The molecule has 1 amide bonds. The highest BCUT2D eigenvalue weighted by Crippen LogP contribution is 2.22. The van der Waals surface area contributed by atoms with E-state index < -0.39 is 0 Å². The van der Waals surface area contributed by atoms with Crippen LogP contribution in [0.15, 0.2) is 24.3 Å². The lowest BCUT2D eigenvalue weighted by molar-refractivity contribution is -0.118. The first-order valence-corrected chi connectivity index (χ1v) is 5.85. The van der Waals surface area contributed by atoms with Crippen molar-refractivity contribution >= 4 is 11.6 Å². The molecule has 0 fully saturated rings. The van der Waals surface area contributed by atoms with Gasteiger partial charge in [0.2, 0.25) is 5.91 Å². The zero-order chi connectivity index (χ0) is 12.1. The number of nitrogens with one attached hydrogen (secondary N) is 1. The molecule has 0 aliphatic carbocycles. The van der Waals surface area contributed by atoms with Gasteiger partial charge in [-0.3, -0.25) is 4.79 Å². The van der Waals surface area contributed by atoms with Gasteiger partial charge < -0.3 is 10.2 Å². The summed E-state index contributed by atoms with van der Waals surface area (Å²) in [5, 5.41) is 3.31. The molecule has 0 saturated carbocycles. The fourth-order valence-corrected chi connectivity index (χ4v) is 2.03. The third-order valence-electron chi connectivity index (χ3n) is 2.89. The van der Waals surface area contributed by atoms with E-state index in [0.717, 1.165) is 18.8 Å². The van der Waals surface area contributed by atoms with Crippen molar-refractivity contribution in [2.45, 2.75) is 19.4 Å². The number of benzene rings is 1. The second kappa shape index (κ2) is 5.51. The second-order valence-electron chi connectivity index (χ2n) is 4.05. The average Bonchev–Trinajstić information content (AvgIpc) is 2.58. The summed E-state index contributed by atoms with van der Waals surface area (Å²) in [6, 6.07) is 8.01. The summed E-state index contributed by atoms with van der Waals surface area (Å²) in [4.78, 5) is 13.9. The van der Waals surface area contributed by atoms with E-state index in [1.165, 1.54) is 5.56 Å². The molecule has 17 heavy (non-hydrogen) atoms. The number of rotatable bonds is 2. The lowest BCUT2D eigenvalue weighted by Crippen LogP contribution is -2.34. The van der Waals surface area contributed by atoms with Crippen LogP contribution < -0.4 is 10.2 Å². The van der Waals surface area contributed by atoms with Gasteiger partial charge in [0.15, 0.2) is 0 Å². The highest BCUT2D eigenvalue weighted by atomic mass is 16.2. The Labute approximate surface area is 102 Å². The van der Waals surface area contributed by atoms with Crippen LogP contribution in [0.4, 0.5) is 5.69 Å². The van der Waals surface area contributed by atoms with E-state index >= 15 is 0 Å². The number of anilines is 1. The van der Waals surface area contributed by atoms with E-state index in [1.807, 2.05) is 23.1 Å². The molecule has 1 heterocycles. The molecule has 0 bridgehead atoms. The van der Waals surface area contributed by atoms with Gasteiger partial charge in [0, 0.05) is 38.2 Å². The van der Waals surface area contributed by atoms with Crippen LogP contribution in [0.3, 0.4) is 0 Å². The molecule has 0 saturated heterocycles. The van der Waals surface area contributed by atoms with E-state index in [0.29, 0.717) is 19.4 Å². The number of carbonyl (C=O) groups excluding carboxylic acids is 1. The van der Waals surface area contributed by atoms with Crippen molar-refractivity contribution in [3.05, 3.63) is 29.8 Å². The maximum atomic E-state index is 12.1. The predicted molar refractivity (Wildman–Crippen MR) is 68.6 cm³/mol. The first-order valence-electron chi connectivity index (χ1n) is 5.85. The SMILES string of the molecule is C#CCCC(=O)N1CCNCc2ccccc21. The van der Waals surface area contributed by atoms with E-state index in [4.69, 9.17) is 6.42 Å². The Kier molecular flexibility index (Phi) is 3.79. The second-order valence-corrected chi connectivity index (χ2v) is 4.05. The molecule has 1 aliphatic heterocycles. The number of para-hydroxylation sites is 1. The molecule has 1 aromatic carbocycles. The molecule has 0 aromatic heterocycles. The van der Waals surface area contributed by atoms with Gasteiger partial charge in [-0.2, -0.15) is 0 Å². The quantitative estimate of drug-likeness (QED) is 0.779. The number of terminal acetylenes is 1. The maximum absolute atomic E-state index is 12.1. The van der Waals surface area contributed by atoms with Gasteiger partial charge in [-0.25, -0.2) is 0 Å². The minimum atomic E-state index is 0.110. The van der Waals surface area contributed by atoms with Crippen molar-refractivity contribution < 1.29 is 4.79 Å². The first-order chi connectivity index (χ1) is 8.33. The van der Waals surface area contributed by atoms with Crippen molar-refractivity contribution in [2.24, 2.45) is 0 Å². The minimum absolute atomic E-state index is 0.110. The number of nitrogens with zero attached hydrogens (tertiary/aromatic N) is 1. The number of hydrogen-bond acceptors (Lipinski definition) is 2. The van der Waals surface area contributed by atoms with E-state index in [1.54, 1.807) is 0 Å². The number of amides is 1. The molecule has 2 rings (SSSR count). The number of fused-ring (bicyclic) bond motifs is 1. The molecular formula is C14H16N2O. The lowest BCUT2D eigenvalue weighted by atomic mass is 10.1. The van der Waals surface area contributed by atoms with Gasteiger partial charge in [0.25, 0.3) is 0 Å². The minimum Gasteiger partial charge on any atom is -0.311 e. The van der Waals surface area contributed by atoms with Gasteiger partial charge >= 0.3 is 0 Å². The van der Waals surface area contributed by atoms with Crippen LogP contribution in [-0.2, 0) is 11.3 Å². The summed E-state index contributed by atoms with van der Waals surface area (Å²) in [7, 11) is 0. The maximum Gasteiger partial charge on any atom is 0.227 e. The normalized spacial score (nSPS) is 14.6. The summed E-state index contributed by atoms with van der Waals surface area (Å²) in [5.74, 6) is 2.62. The number of hydrogen-bond donors (Lipinski definition) is 1. The van der Waals surface area contributed by atoms with Crippen molar-refractivity contribution in [2.75, 3.05) is 18.0 Å². The summed E-state index contributed by atoms with van der Waals surface area (Å²) in [5.41, 5.74) is 2.18. The molecule has 0 unspecified atom stereocenters. The monoisotopic (exact) mass is 228 g/mol. The summed E-state index contributed by atoms with van der Waals surface area (Å²) < 4.78 is 0. The Morgan fingerprint density at radius 1 is 1.47 bits per heavy atom. The molecule has 0 atom stereocenters. The Bertz CT molecular complexity index is 448. The Balaban J connectivity index is 2.23. The summed E-state index contributed by atoms with van der Waals surface area (Å²) in [6.45, 7) is 2.34. The van der Waals surface area contributed by atoms with Crippen LogP contribution in [0.25, 0.3) is 0 Å². The smallest absolute Gasteiger partial charge is 0.227 e. The molecule has 3 heteroatoms. The van der Waals surface area contributed by atoms with Crippen LogP contribution in [0.1, 0.15) is 18.4 Å². The molecule has 0 radical (unpaired) electrons. The van der Waals surface area contributed by atoms with E-state index in [-0.39, 0.29) is 5.91 Å². The first kappa shape index (κ1) is 11.7. The molecular weight excluding hydrogens is 212 g/mol. The lowest BCUT2D eigenvalue weighted by Gasteiger charge is -2.22. The largest absolute Gasteiger partial charge is 0.311 e. The van der Waals surface area contributed by atoms with Crippen molar-refractivity contribution in [3.8, 4) is 12.3 Å². The van der Waals surface area contributed by atoms with Crippen LogP contribution in [0.5, 0.6) is 0 Å². The summed E-state index contributed by atoms with van der Waals surface area (Å²) in [6.07, 6.45) is 6.13. The van der Waals surface area contributed by atoms with Gasteiger partial charge in [0.1, 0.15) is 0 Å². The Morgan fingerprint density at radius 2 is 2.29 bits per heavy atom. The van der Waals surface area contributed by atoms with Crippen molar-refractivity contribution in [1.82, 2.24) is 5.32 Å². The van der Waals surface area contributed by atoms with Crippen LogP contribution in [-0.4, -0.2) is 19.0 Å². The Hall–Kier alpha value is -1.79. The highest BCUT2D eigenvalue weighted by Gasteiger charge is 2.19.